The van der Waals surface area contributed by atoms with Gasteiger partial charge < -0.3 is 4.74 Å². The zero-order chi connectivity index (χ0) is 8.97. The monoisotopic (exact) mass is 200 g/mol. The van der Waals surface area contributed by atoms with Crippen LogP contribution < -0.4 is 0 Å². The Labute approximate surface area is 81.3 Å². The smallest absolute Gasteiger partial charge is 0.377 e. The fourth-order valence-electron chi connectivity index (χ4n) is 0.706. The third-order valence-corrected chi connectivity index (χ3v) is 1.26. The van der Waals surface area contributed by atoms with Crippen LogP contribution in [0.2, 0.25) is 0 Å². The van der Waals surface area contributed by atoms with Crippen molar-refractivity contribution in [3.63, 3.8) is 0 Å². The summed E-state index contributed by atoms with van der Waals surface area (Å²) in [7, 11) is 0. The van der Waals surface area contributed by atoms with Gasteiger partial charge in [0.2, 0.25) is 0 Å². The molecule has 0 bridgehead atoms. The molecule has 0 heterocycles. The first-order chi connectivity index (χ1) is 5.70. The van der Waals surface area contributed by atoms with Gasteiger partial charge in [-0.15, -0.1) is 0 Å². The molecular weight excluding hydrogens is 192 g/mol. The predicted octanol–water partition coefficient (Wildman–Crippen LogP) is 2.84. The van der Waals surface area contributed by atoms with Crippen LogP contribution in [-0.2, 0) is 4.74 Å². The summed E-state index contributed by atoms with van der Waals surface area (Å²) in [6.45, 7) is 0. The summed E-state index contributed by atoms with van der Waals surface area (Å²) in [6.07, 6.45) is 0. The van der Waals surface area contributed by atoms with Crippen LogP contribution in [0.15, 0.2) is 30.3 Å². The molecule has 0 radical (unpaired) electrons. The number of halogens is 1. The van der Waals surface area contributed by atoms with Crippen molar-refractivity contribution < 1.29 is 14.3 Å². The van der Waals surface area contributed by atoms with Crippen molar-refractivity contribution in [2.45, 2.75) is 7.43 Å². The van der Waals surface area contributed by atoms with E-state index in [1.165, 1.54) is 12.1 Å². The lowest BCUT2D eigenvalue weighted by atomic mass is 10.2. The Morgan fingerprint density at radius 2 is 1.69 bits per heavy atom. The van der Waals surface area contributed by atoms with E-state index in [4.69, 9.17) is 11.6 Å². The highest BCUT2D eigenvalue weighted by Gasteiger charge is 2.08. The highest BCUT2D eigenvalue weighted by Crippen LogP contribution is 2.02. The van der Waals surface area contributed by atoms with E-state index in [-0.39, 0.29) is 7.43 Å². The number of carbonyl (C=O) groups is 2. The van der Waals surface area contributed by atoms with Crippen molar-refractivity contribution >= 4 is 23.0 Å². The number of rotatable bonds is 1. The number of carbonyl (C=O) groups excluding carboxylic acids is 2. The van der Waals surface area contributed by atoms with Gasteiger partial charge in [0.15, 0.2) is 0 Å². The van der Waals surface area contributed by atoms with E-state index in [9.17, 15) is 9.59 Å². The van der Waals surface area contributed by atoms with Crippen molar-refractivity contribution in [1.82, 2.24) is 0 Å². The van der Waals surface area contributed by atoms with Crippen LogP contribution >= 0.6 is 11.6 Å². The minimum absolute atomic E-state index is 0. The first kappa shape index (κ1) is 11.6. The van der Waals surface area contributed by atoms with Gasteiger partial charge in [0, 0.05) is 11.6 Å². The fraction of sp³-hybridized carbons (Fsp3) is 0.111. The highest BCUT2D eigenvalue weighted by molar-refractivity contribution is 6.62. The number of ether oxygens (including phenoxy) is 1. The number of hydrogen-bond acceptors (Lipinski definition) is 3. The summed E-state index contributed by atoms with van der Waals surface area (Å²) >= 11 is 4.84. The molecule has 1 rings (SSSR count). The zero-order valence-electron chi connectivity index (χ0n) is 5.99. The molecule has 0 aliphatic carbocycles. The van der Waals surface area contributed by atoms with E-state index in [1.807, 2.05) is 0 Å². The molecule has 0 spiro atoms. The molecule has 0 unspecified atom stereocenters. The van der Waals surface area contributed by atoms with Crippen molar-refractivity contribution in [3.05, 3.63) is 35.9 Å². The quantitative estimate of drug-likeness (QED) is 0.398. The Morgan fingerprint density at radius 3 is 2.15 bits per heavy atom. The predicted molar refractivity (Wildman–Crippen MR) is 49.8 cm³/mol. The summed E-state index contributed by atoms with van der Waals surface area (Å²) in [5, 5.41) is 0. The standard InChI is InChI=1S/C8H5ClO3.CH4/c9-8(11)12-7(10)6-4-2-1-3-5-6;/h1-5H;1H4. The van der Waals surface area contributed by atoms with Crippen molar-refractivity contribution in [3.8, 4) is 0 Å². The van der Waals surface area contributed by atoms with Gasteiger partial charge in [0.25, 0.3) is 0 Å². The minimum Gasteiger partial charge on any atom is -0.377 e. The molecular formula is C9H9ClO3. The highest BCUT2D eigenvalue weighted by atomic mass is 35.5. The zero-order valence-corrected chi connectivity index (χ0v) is 6.75. The van der Waals surface area contributed by atoms with Crippen LogP contribution in [0.3, 0.4) is 0 Å². The summed E-state index contributed by atoms with van der Waals surface area (Å²) in [5.74, 6) is -0.740. The summed E-state index contributed by atoms with van der Waals surface area (Å²) < 4.78 is 4.12. The third kappa shape index (κ3) is 3.71. The van der Waals surface area contributed by atoms with E-state index in [2.05, 4.69) is 4.74 Å². The Hall–Kier alpha value is -1.35. The molecule has 0 saturated heterocycles. The van der Waals surface area contributed by atoms with E-state index in [1.54, 1.807) is 18.2 Å². The summed E-state index contributed by atoms with van der Waals surface area (Å²) in [4.78, 5) is 21.1. The van der Waals surface area contributed by atoms with Crippen molar-refractivity contribution in [2.24, 2.45) is 0 Å². The van der Waals surface area contributed by atoms with Gasteiger partial charge in [-0.05, 0) is 12.1 Å². The summed E-state index contributed by atoms with van der Waals surface area (Å²) in [6, 6.07) is 8.13. The molecule has 1 aromatic rings. The first-order valence-electron chi connectivity index (χ1n) is 3.17. The Kier molecular flexibility index (Phi) is 4.77. The second-order valence-electron chi connectivity index (χ2n) is 1.99. The lowest BCUT2D eigenvalue weighted by molar-refractivity contribution is 0.0662. The molecule has 0 aromatic heterocycles. The van der Waals surface area contributed by atoms with Crippen LogP contribution in [0.5, 0.6) is 0 Å². The Bertz CT molecular complexity index is 295. The average Bonchev–Trinajstić information content (AvgIpc) is 2.05. The van der Waals surface area contributed by atoms with Crippen molar-refractivity contribution in [1.29, 1.82) is 0 Å². The van der Waals surface area contributed by atoms with E-state index in [0.717, 1.165) is 0 Å². The lowest BCUT2D eigenvalue weighted by Crippen LogP contribution is -2.05. The normalized spacial score (nSPS) is 8.38. The number of esters is 1. The minimum atomic E-state index is -1.12. The molecule has 0 aliphatic rings. The van der Waals surface area contributed by atoms with Crippen LogP contribution in [-0.4, -0.2) is 11.4 Å². The third-order valence-electron chi connectivity index (χ3n) is 1.18. The molecule has 13 heavy (non-hydrogen) atoms. The maximum Gasteiger partial charge on any atom is 0.411 e. The molecule has 4 heteroatoms. The van der Waals surface area contributed by atoms with Crippen LogP contribution in [0.4, 0.5) is 4.79 Å². The van der Waals surface area contributed by atoms with Gasteiger partial charge in [0.1, 0.15) is 0 Å². The Balaban J connectivity index is 0.00000144. The molecule has 1 aromatic carbocycles. The molecule has 70 valence electrons. The topological polar surface area (TPSA) is 43.4 Å². The van der Waals surface area contributed by atoms with Gasteiger partial charge in [0.05, 0.1) is 5.56 Å². The second kappa shape index (κ2) is 5.32. The molecule has 3 nitrogen and oxygen atoms in total. The van der Waals surface area contributed by atoms with Gasteiger partial charge in [-0.2, -0.15) is 0 Å². The summed E-state index contributed by atoms with van der Waals surface area (Å²) in [5.41, 5.74) is -0.824. The van der Waals surface area contributed by atoms with Gasteiger partial charge in [-0.3, -0.25) is 0 Å². The Morgan fingerprint density at radius 1 is 1.15 bits per heavy atom. The lowest BCUT2D eigenvalue weighted by Gasteiger charge is -1.96. The largest absolute Gasteiger partial charge is 0.411 e. The first-order valence-corrected chi connectivity index (χ1v) is 3.54. The van der Waals surface area contributed by atoms with Gasteiger partial charge in [-0.1, -0.05) is 25.6 Å². The van der Waals surface area contributed by atoms with Crippen LogP contribution in [0.1, 0.15) is 17.8 Å². The van der Waals surface area contributed by atoms with E-state index < -0.39 is 11.4 Å². The second-order valence-corrected chi connectivity index (χ2v) is 2.30. The SMILES string of the molecule is C.O=C(Cl)OC(=O)c1ccccc1. The van der Waals surface area contributed by atoms with E-state index in [0.29, 0.717) is 5.56 Å². The molecule has 0 amide bonds. The molecule has 0 atom stereocenters. The van der Waals surface area contributed by atoms with Crippen LogP contribution in [0.25, 0.3) is 0 Å². The molecule has 0 fully saturated rings. The maximum atomic E-state index is 10.9. The van der Waals surface area contributed by atoms with Gasteiger partial charge >= 0.3 is 11.4 Å². The molecule has 0 aliphatic heterocycles. The van der Waals surface area contributed by atoms with Gasteiger partial charge in [-0.25, -0.2) is 9.59 Å². The van der Waals surface area contributed by atoms with E-state index >= 15 is 0 Å². The van der Waals surface area contributed by atoms with Crippen LogP contribution in [0, 0.1) is 0 Å². The fourth-order valence-corrected chi connectivity index (χ4v) is 0.776. The molecule has 0 N–H and O–H groups in total. The average molecular weight is 201 g/mol. The van der Waals surface area contributed by atoms with Crippen molar-refractivity contribution in [2.75, 3.05) is 0 Å². The number of hydrogen-bond donors (Lipinski definition) is 0. The number of benzene rings is 1. The molecule has 0 saturated carbocycles. The maximum absolute atomic E-state index is 10.9.